The van der Waals surface area contributed by atoms with Crippen LogP contribution in [0.3, 0.4) is 0 Å². The first-order valence-corrected chi connectivity index (χ1v) is 7.76. The molecule has 0 aliphatic rings. The normalized spacial score (nSPS) is 10.5. The van der Waals surface area contributed by atoms with E-state index in [0.29, 0.717) is 17.3 Å². The number of hydrogen-bond acceptors (Lipinski definition) is 2. The second-order valence-electron chi connectivity index (χ2n) is 4.95. The fourth-order valence-corrected chi connectivity index (χ4v) is 2.42. The number of nitrogens with zero attached hydrogens (tertiary/aromatic N) is 2. The zero-order chi connectivity index (χ0) is 16.1. The Morgan fingerprint density at radius 1 is 1.41 bits per heavy atom. The highest BCUT2D eigenvalue weighted by Crippen LogP contribution is 2.18. The van der Waals surface area contributed by atoms with E-state index in [4.69, 9.17) is 23.8 Å². The first-order chi connectivity index (χ1) is 10.5. The van der Waals surface area contributed by atoms with Gasteiger partial charge in [0.2, 0.25) is 0 Å². The predicted octanol–water partition coefficient (Wildman–Crippen LogP) is 3.67. The van der Waals surface area contributed by atoms with Gasteiger partial charge in [-0.25, -0.2) is 4.39 Å². The molecule has 118 valence electrons. The Morgan fingerprint density at radius 2 is 2.18 bits per heavy atom. The minimum absolute atomic E-state index is 0.297. The van der Waals surface area contributed by atoms with Gasteiger partial charge in [-0.2, -0.15) is 5.10 Å². The highest BCUT2D eigenvalue weighted by atomic mass is 35.5. The minimum Gasteiger partial charge on any atom is -0.362 e. The number of benzene rings is 1. The summed E-state index contributed by atoms with van der Waals surface area (Å²) in [4.78, 5) is 0. The van der Waals surface area contributed by atoms with Crippen LogP contribution < -0.4 is 10.6 Å². The van der Waals surface area contributed by atoms with Crippen LogP contribution >= 0.6 is 23.8 Å². The lowest BCUT2D eigenvalue weighted by Gasteiger charge is -2.11. The maximum Gasteiger partial charge on any atom is 0.170 e. The van der Waals surface area contributed by atoms with E-state index >= 15 is 0 Å². The van der Waals surface area contributed by atoms with Gasteiger partial charge in [0.15, 0.2) is 5.11 Å². The first kappa shape index (κ1) is 16.7. The monoisotopic (exact) mass is 340 g/mol. The Morgan fingerprint density at radius 3 is 2.82 bits per heavy atom. The number of aryl methyl sites for hydroxylation is 2. The van der Waals surface area contributed by atoms with Crippen molar-refractivity contribution in [1.82, 2.24) is 15.1 Å². The lowest BCUT2D eigenvalue weighted by atomic mass is 10.3. The number of rotatable bonds is 5. The zero-order valence-corrected chi connectivity index (χ0v) is 14.1. The highest BCUT2D eigenvalue weighted by molar-refractivity contribution is 7.80. The molecule has 1 aromatic carbocycles. The van der Waals surface area contributed by atoms with Crippen LogP contribution in [0.25, 0.3) is 0 Å². The van der Waals surface area contributed by atoms with Crippen molar-refractivity contribution >= 4 is 34.6 Å². The van der Waals surface area contributed by atoms with E-state index in [1.54, 1.807) is 12.1 Å². The quantitative estimate of drug-likeness (QED) is 0.643. The van der Waals surface area contributed by atoms with E-state index in [-0.39, 0.29) is 5.82 Å². The van der Waals surface area contributed by atoms with Crippen molar-refractivity contribution in [3.8, 4) is 0 Å². The van der Waals surface area contributed by atoms with Crippen molar-refractivity contribution < 1.29 is 4.39 Å². The number of halogens is 2. The molecule has 2 aromatic rings. The summed E-state index contributed by atoms with van der Waals surface area (Å²) in [5, 5.41) is 11.6. The molecule has 0 unspecified atom stereocenters. The molecule has 0 radical (unpaired) electrons. The Balaban J connectivity index is 1.74. The SMILES string of the molecule is Cc1nn(CCCNC(=S)Nc2cccc(F)c2)c(C)c1Cl. The molecule has 7 heteroatoms. The van der Waals surface area contributed by atoms with Crippen LogP contribution in [0.1, 0.15) is 17.8 Å². The van der Waals surface area contributed by atoms with Crippen LogP contribution in [0, 0.1) is 19.7 Å². The fraction of sp³-hybridized carbons (Fsp3) is 0.333. The number of thiocarbonyl (C=S) groups is 1. The van der Waals surface area contributed by atoms with Crippen LogP contribution in [-0.2, 0) is 6.54 Å². The summed E-state index contributed by atoms with van der Waals surface area (Å²) in [5.41, 5.74) is 2.44. The molecule has 1 aromatic heterocycles. The van der Waals surface area contributed by atoms with Gasteiger partial charge >= 0.3 is 0 Å². The minimum atomic E-state index is -0.297. The van der Waals surface area contributed by atoms with Gasteiger partial charge in [-0.05, 0) is 50.7 Å². The molecule has 22 heavy (non-hydrogen) atoms. The van der Waals surface area contributed by atoms with E-state index in [1.165, 1.54) is 12.1 Å². The summed E-state index contributed by atoms with van der Waals surface area (Å²) in [5.74, 6) is -0.297. The number of hydrogen-bond donors (Lipinski definition) is 2. The smallest absolute Gasteiger partial charge is 0.170 e. The molecule has 2 rings (SSSR count). The Bertz CT molecular complexity index is 672. The Kier molecular flexibility index (Phi) is 5.74. The zero-order valence-electron chi connectivity index (χ0n) is 12.5. The van der Waals surface area contributed by atoms with E-state index in [9.17, 15) is 4.39 Å². The lowest BCUT2D eigenvalue weighted by molar-refractivity contribution is 0.558. The molecule has 4 nitrogen and oxygen atoms in total. The molecule has 0 atom stereocenters. The van der Waals surface area contributed by atoms with Crippen molar-refractivity contribution in [1.29, 1.82) is 0 Å². The summed E-state index contributed by atoms with van der Waals surface area (Å²) in [6, 6.07) is 6.18. The van der Waals surface area contributed by atoms with E-state index < -0.39 is 0 Å². The summed E-state index contributed by atoms with van der Waals surface area (Å²) >= 11 is 11.3. The van der Waals surface area contributed by atoms with Gasteiger partial charge in [0.1, 0.15) is 5.82 Å². The average molecular weight is 341 g/mol. The highest BCUT2D eigenvalue weighted by Gasteiger charge is 2.08. The third-order valence-electron chi connectivity index (χ3n) is 3.21. The standard InChI is InChI=1S/C15H18ClFN4S/c1-10-14(16)11(2)21(20-10)8-4-7-18-15(22)19-13-6-3-5-12(17)9-13/h3,5-6,9H,4,7-8H2,1-2H3,(H2,18,19,22). The van der Waals surface area contributed by atoms with Crippen molar-refractivity contribution in [2.24, 2.45) is 0 Å². The second kappa shape index (κ2) is 7.56. The third kappa shape index (κ3) is 4.42. The van der Waals surface area contributed by atoms with E-state index in [1.807, 2.05) is 18.5 Å². The summed E-state index contributed by atoms with van der Waals surface area (Å²) in [6.07, 6.45) is 0.850. The van der Waals surface area contributed by atoms with Gasteiger partial charge < -0.3 is 10.6 Å². The molecular weight excluding hydrogens is 323 g/mol. The predicted molar refractivity (Wildman–Crippen MR) is 92.0 cm³/mol. The topological polar surface area (TPSA) is 41.9 Å². The van der Waals surface area contributed by atoms with Gasteiger partial charge in [0, 0.05) is 18.8 Å². The Hall–Kier alpha value is -1.66. The summed E-state index contributed by atoms with van der Waals surface area (Å²) in [6.45, 7) is 5.29. The molecule has 2 N–H and O–H groups in total. The van der Waals surface area contributed by atoms with Gasteiger partial charge in [-0.1, -0.05) is 17.7 Å². The van der Waals surface area contributed by atoms with Gasteiger partial charge in [0.05, 0.1) is 16.4 Å². The van der Waals surface area contributed by atoms with Crippen LogP contribution in [0.5, 0.6) is 0 Å². The largest absolute Gasteiger partial charge is 0.362 e. The molecule has 1 heterocycles. The van der Waals surface area contributed by atoms with Crippen LogP contribution in [-0.4, -0.2) is 21.4 Å². The molecule has 0 bridgehead atoms. The van der Waals surface area contributed by atoms with E-state index in [0.717, 1.165) is 29.4 Å². The van der Waals surface area contributed by atoms with Gasteiger partial charge in [-0.15, -0.1) is 0 Å². The third-order valence-corrected chi connectivity index (χ3v) is 4.00. The summed E-state index contributed by atoms with van der Waals surface area (Å²) < 4.78 is 15.0. The van der Waals surface area contributed by atoms with Crippen LogP contribution in [0.4, 0.5) is 10.1 Å². The van der Waals surface area contributed by atoms with Crippen molar-refractivity contribution in [2.45, 2.75) is 26.8 Å². The van der Waals surface area contributed by atoms with Gasteiger partial charge in [-0.3, -0.25) is 4.68 Å². The lowest BCUT2D eigenvalue weighted by Crippen LogP contribution is -2.29. The second-order valence-corrected chi connectivity index (χ2v) is 5.74. The molecule has 0 spiro atoms. The fourth-order valence-electron chi connectivity index (χ4n) is 2.07. The average Bonchev–Trinajstić information content (AvgIpc) is 2.71. The van der Waals surface area contributed by atoms with Gasteiger partial charge in [0.25, 0.3) is 0 Å². The van der Waals surface area contributed by atoms with Crippen molar-refractivity contribution in [3.63, 3.8) is 0 Å². The molecule has 0 saturated heterocycles. The number of anilines is 1. The van der Waals surface area contributed by atoms with E-state index in [2.05, 4.69) is 15.7 Å². The number of nitrogens with one attached hydrogen (secondary N) is 2. The molecule has 0 amide bonds. The van der Waals surface area contributed by atoms with Crippen LogP contribution in [0.15, 0.2) is 24.3 Å². The number of aromatic nitrogens is 2. The molecule has 0 aliphatic carbocycles. The molecule has 0 fully saturated rings. The van der Waals surface area contributed by atoms with Crippen molar-refractivity contribution in [2.75, 3.05) is 11.9 Å². The first-order valence-electron chi connectivity index (χ1n) is 6.97. The molecular formula is C15H18ClFN4S. The maximum atomic E-state index is 13.1. The van der Waals surface area contributed by atoms with Crippen LogP contribution in [0.2, 0.25) is 5.02 Å². The summed E-state index contributed by atoms with van der Waals surface area (Å²) in [7, 11) is 0. The molecule has 0 aliphatic heterocycles. The van der Waals surface area contributed by atoms with Crippen molar-refractivity contribution in [3.05, 3.63) is 46.5 Å². The Labute approximate surface area is 139 Å². The molecule has 0 saturated carbocycles. The maximum absolute atomic E-state index is 13.1.